The number of aliphatic hydroxyl groups excluding tert-OH is 1. The highest BCUT2D eigenvalue weighted by molar-refractivity contribution is 5.81. The molecule has 0 heterocycles. The zero-order valence-electron chi connectivity index (χ0n) is 9.23. The van der Waals surface area contributed by atoms with Crippen LogP contribution in [0.3, 0.4) is 0 Å². The summed E-state index contributed by atoms with van der Waals surface area (Å²) in [5, 5.41) is 8.87. The third kappa shape index (κ3) is 7.90. The first-order valence-electron chi connectivity index (χ1n) is 4.75. The minimum absolute atomic E-state index is 0.180. The molecular weight excluding hydrogens is 196 g/mol. The van der Waals surface area contributed by atoms with Gasteiger partial charge in [-0.3, -0.25) is 0 Å². The van der Waals surface area contributed by atoms with Gasteiger partial charge in [-0.05, 0) is 13.8 Å². The molecule has 0 fully saturated rings. The molecule has 4 heteroatoms. The molecule has 0 aliphatic carbocycles. The Morgan fingerprint density at radius 1 is 1.53 bits per heavy atom. The van der Waals surface area contributed by atoms with Crippen LogP contribution in [0.1, 0.15) is 13.8 Å². The molecule has 0 aromatic heterocycles. The third-order valence-corrected chi connectivity index (χ3v) is 1.57. The van der Waals surface area contributed by atoms with E-state index >= 15 is 0 Å². The fourth-order valence-corrected chi connectivity index (χ4v) is 0.761. The Bertz CT molecular complexity index is 229. The molecule has 0 aliphatic rings. The lowest BCUT2D eigenvalue weighted by Gasteiger charge is -2.13. The molecule has 0 rings (SSSR count). The molecule has 0 aromatic carbocycles. The Labute approximate surface area is 90.2 Å². The summed E-state index contributed by atoms with van der Waals surface area (Å²) < 4.78 is 10.00. The topological polar surface area (TPSA) is 55.8 Å². The number of aliphatic hydroxyl groups is 1. The first-order chi connectivity index (χ1) is 7.10. The lowest BCUT2D eigenvalue weighted by atomic mass is 10.3. The highest BCUT2D eigenvalue weighted by atomic mass is 16.6. The molecule has 0 spiro atoms. The van der Waals surface area contributed by atoms with Crippen LogP contribution in [0, 0.1) is 0 Å². The van der Waals surface area contributed by atoms with Crippen molar-refractivity contribution in [1.29, 1.82) is 0 Å². The molecule has 0 saturated heterocycles. The van der Waals surface area contributed by atoms with Crippen LogP contribution >= 0.6 is 0 Å². The van der Waals surface area contributed by atoms with Crippen molar-refractivity contribution in [3.05, 3.63) is 24.3 Å². The van der Waals surface area contributed by atoms with Gasteiger partial charge in [-0.1, -0.05) is 18.2 Å². The third-order valence-electron chi connectivity index (χ3n) is 1.57. The first-order valence-corrected chi connectivity index (χ1v) is 4.75. The SMILES string of the molecule is C=CC(=O)OC(CO)COCC=C(C)C. The molecular formula is C11H18O4. The maximum Gasteiger partial charge on any atom is 0.330 e. The van der Waals surface area contributed by atoms with Crippen LogP contribution < -0.4 is 0 Å². The van der Waals surface area contributed by atoms with Crippen molar-refractivity contribution in [2.45, 2.75) is 20.0 Å². The second kappa shape index (κ2) is 8.20. The molecule has 86 valence electrons. The Morgan fingerprint density at radius 2 is 2.20 bits per heavy atom. The van der Waals surface area contributed by atoms with Crippen molar-refractivity contribution in [3.8, 4) is 0 Å². The number of allylic oxidation sites excluding steroid dienone is 1. The number of hydrogen-bond acceptors (Lipinski definition) is 4. The van der Waals surface area contributed by atoms with Gasteiger partial charge in [0, 0.05) is 6.08 Å². The first kappa shape index (κ1) is 13.9. The van der Waals surface area contributed by atoms with E-state index in [0.717, 1.165) is 11.6 Å². The number of esters is 1. The summed E-state index contributed by atoms with van der Waals surface area (Å²) in [7, 11) is 0. The van der Waals surface area contributed by atoms with E-state index < -0.39 is 12.1 Å². The van der Waals surface area contributed by atoms with Crippen molar-refractivity contribution < 1.29 is 19.4 Å². The fraction of sp³-hybridized carbons (Fsp3) is 0.545. The molecule has 0 amide bonds. The Balaban J connectivity index is 3.75. The van der Waals surface area contributed by atoms with E-state index in [1.165, 1.54) is 0 Å². The number of rotatable bonds is 7. The van der Waals surface area contributed by atoms with Crippen LogP contribution in [0.4, 0.5) is 0 Å². The van der Waals surface area contributed by atoms with Gasteiger partial charge in [0.05, 0.1) is 19.8 Å². The van der Waals surface area contributed by atoms with E-state index in [9.17, 15) is 4.79 Å². The predicted octanol–water partition coefficient (Wildman–Crippen LogP) is 1.06. The van der Waals surface area contributed by atoms with Gasteiger partial charge in [0.2, 0.25) is 0 Å². The normalized spacial score (nSPS) is 11.7. The summed E-state index contributed by atoms with van der Waals surface area (Å²) in [5.74, 6) is -0.556. The second-order valence-electron chi connectivity index (χ2n) is 3.26. The van der Waals surface area contributed by atoms with Gasteiger partial charge in [0.1, 0.15) is 6.10 Å². The zero-order valence-corrected chi connectivity index (χ0v) is 9.23. The van der Waals surface area contributed by atoms with Crippen molar-refractivity contribution >= 4 is 5.97 Å². The fourth-order valence-electron chi connectivity index (χ4n) is 0.761. The van der Waals surface area contributed by atoms with Gasteiger partial charge in [-0.15, -0.1) is 0 Å². The zero-order chi connectivity index (χ0) is 11.7. The van der Waals surface area contributed by atoms with Crippen molar-refractivity contribution in [3.63, 3.8) is 0 Å². The van der Waals surface area contributed by atoms with Gasteiger partial charge in [0.25, 0.3) is 0 Å². The summed E-state index contributed by atoms with van der Waals surface area (Å²) in [6, 6.07) is 0. The largest absolute Gasteiger partial charge is 0.454 e. The van der Waals surface area contributed by atoms with Crippen LogP contribution in [-0.4, -0.2) is 37.0 Å². The highest BCUT2D eigenvalue weighted by Crippen LogP contribution is 1.95. The molecule has 0 aromatic rings. The molecule has 0 saturated carbocycles. The Morgan fingerprint density at radius 3 is 2.67 bits per heavy atom. The van der Waals surface area contributed by atoms with E-state index in [1.807, 2.05) is 19.9 Å². The lowest BCUT2D eigenvalue weighted by Crippen LogP contribution is -2.26. The van der Waals surface area contributed by atoms with Gasteiger partial charge in [0.15, 0.2) is 0 Å². The van der Waals surface area contributed by atoms with Crippen LogP contribution in [0.2, 0.25) is 0 Å². The summed E-state index contributed by atoms with van der Waals surface area (Å²) in [6.07, 6.45) is 2.34. The van der Waals surface area contributed by atoms with Crippen molar-refractivity contribution in [2.75, 3.05) is 19.8 Å². The van der Waals surface area contributed by atoms with Crippen molar-refractivity contribution in [2.24, 2.45) is 0 Å². The van der Waals surface area contributed by atoms with Gasteiger partial charge < -0.3 is 14.6 Å². The van der Waals surface area contributed by atoms with E-state index in [-0.39, 0.29) is 13.2 Å². The number of carbonyl (C=O) groups excluding carboxylic acids is 1. The second-order valence-corrected chi connectivity index (χ2v) is 3.26. The van der Waals surface area contributed by atoms with E-state index in [2.05, 4.69) is 6.58 Å². The molecule has 1 N–H and O–H groups in total. The molecule has 0 bridgehead atoms. The number of hydrogen-bond donors (Lipinski definition) is 1. The van der Waals surface area contributed by atoms with Crippen LogP contribution in [-0.2, 0) is 14.3 Å². The minimum Gasteiger partial charge on any atom is -0.454 e. The monoisotopic (exact) mass is 214 g/mol. The van der Waals surface area contributed by atoms with Crippen LogP contribution in [0.15, 0.2) is 24.3 Å². The van der Waals surface area contributed by atoms with E-state index in [4.69, 9.17) is 14.6 Å². The van der Waals surface area contributed by atoms with Gasteiger partial charge >= 0.3 is 5.97 Å². The molecule has 15 heavy (non-hydrogen) atoms. The predicted molar refractivity (Wildman–Crippen MR) is 57.4 cm³/mol. The summed E-state index contributed by atoms with van der Waals surface area (Å²) >= 11 is 0. The number of carbonyl (C=O) groups is 1. The highest BCUT2D eigenvalue weighted by Gasteiger charge is 2.10. The molecule has 0 aliphatic heterocycles. The summed E-state index contributed by atoms with van der Waals surface area (Å²) in [5.41, 5.74) is 1.15. The van der Waals surface area contributed by atoms with Crippen molar-refractivity contribution in [1.82, 2.24) is 0 Å². The maximum atomic E-state index is 10.8. The average Bonchev–Trinajstić information content (AvgIpc) is 2.21. The summed E-state index contributed by atoms with van der Waals surface area (Å²) in [4.78, 5) is 10.8. The molecule has 1 atom stereocenters. The van der Waals surface area contributed by atoms with Gasteiger partial charge in [-0.2, -0.15) is 0 Å². The molecule has 1 unspecified atom stereocenters. The standard InChI is InChI=1S/C11H18O4/c1-4-11(13)15-10(7-12)8-14-6-5-9(2)3/h4-5,10,12H,1,6-8H2,2-3H3. The van der Waals surface area contributed by atoms with E-state index in [1.54, 1.807) is 0 Å². The van der Waals surface area contributed by atoms with Crippen LogP contribution in [0.25, 0.3) is 0 Å². The molecule has 0 radical (unpaired) electrons. The van der Waals surface area contributed by atoms with Gasteiger partial charge in [-0.25, -0.2) is 4.79 Å². The minimum atomic E-state index is -0.624. The van der Waals surface area contributed by atoms with Crippen LogP contribution in [0.5, 0.6) is 0 Å². The quantitative estimate of drug-likeness (QED) is 0.298. The van der Waals surface area contributed by atoms with E-state index in [0.29, 0.717) is 6.61 Å². The smallest absolute Gasteiger partial charge is 0.330 e. The lowest BCUT2D eigenvalue weighted by molar-refractivity contribution is -0.148. The summed E-state index contributed by atoms with van der Waals surface area (Å²) in [6.45, 7) is 7.56. The maximum absolute atomic E-state index is 10.8. The number of ether oxygens (including phenoxy) is 2. The Kier molecular flexibility index (Phi) is 7.58. The Hall–Kier alpha value is -1.13. The average molecular weight is 214 g/mol. The molecule has 4 nitrogen and oxygen atoms in total.